The first-order valence-electron chi connectivity index (χ1n) is 11.0. The topological polar surface area (TPSA) is 81.3 Å². The molecule has 170 valence electrons. The van der Waals surface area contributed by atoms with Crippen molar-refractivity contribution in [3.8, 4) is 22.5 Å². The molecule has 0 unspecified atom stereocenters. The molecule has 0 radical (unpaired) electrons. The Hall–Kier alpha value is -4.56. The SMILES string of the molecule is O=C(Cn1nc(-c2cccc3ccccc23)ccc1=O)Nc1cccc(-c2cn3ccsc3n2)c1. The summed E-state index contributed by atoms with van der Waals surface area (Å²) in [6.07, 6.45) is 3.91. The third-order valence-electron chi connectivity index (χ3n) is 5.76. The Morgan fingerprint density at radius 1 is 0.943 bits per heavy atom. The number of nitrogens with zero attached hydrogens (tertiary/aromatic N) is 4. The number of thiazole rings is 1. The lowest BCUT2D eigenvalue weighted by molar-refractivity contribution is -0.117. The van der Waals surface area contributed by atoms with Gasteiger partial charge in [-0.05, 0) is 29.0 Å². The van der Waals surface area contributed by atoms with Crippen molar-refractivity contribution in [1.29, 1.82) is 0 Å². The molecule has 3 aromatic carbocycles. The molecule has 0 aliphatic heterocycles. The molecular formula is C27H19N5O2S. The van der Waals surface area contributed by atoms with Gasteiger partial charge in [0.05, 0.1) is 11.4 Å². The average Bonchev–Trinajstić information content (AvgIpc) is 3.48. The van der Waals surface area contributed by atoms with Gasteiger partial charge in [-0.3, -0.25) is 14.0 Å². The fourth-order valence-corrected chi connectivity index (χ4v) is 4.81. The molecule has 3 aromatic heterocycles. The number of hydrogen-bond donors (Lipinski definition) is 1. The summed E-state index contributed by atoms with van der Waals surface area (Å²) in [5.41, 5.74) is 3.56. The summed E-state index contributed by atoms with van der Waals surface area (Å²) in [6.45, 7) is -0.193. The Kier molecular flexibility index (Phi) is 5.20. The quantitative estimate of drug-likeness (QED) is 0.376. The minimum atomic E-state index is -0.337. The highest BCUT2D eigenvalue weighted by molar-refractivity contribution is 7.15. The number of imidazole rings is 1. The van der Waals surface area contributed by atoms with Crippen LogP contribution in [-0.4, -0.2) is 25.1 Å². The first-order valence-corrected chi connectivity index (χ1v) is 11.9. The second-order valence-corrected chi connectivity index (χ2v) is 8.96. The molecule has 0 saturated carbocycles. The first kappa shape index (κ1) is 21.0. The lowest BCUT2D eigenvalue weighted by Crippen LogP contribution is -2.29. The van der Waals surface area contributed by atoms with Gasteiger partial charge in [-0.25, -0.2) is 9.67 Å². The number of benzene rings is 3. The van der Waals surface area contributed by atoms with Crippen LogP contribution >= 0.6 is 11.3 Å². The van der Waals surface area contributed by atoms with E-state index >= 15 is 0 Å². The summed E-state index contributed by atoms with van der Waals surface area (Å²) in [5, 5.41) is 11.5. The second-order valence-electron chi connectivity index (χ2n) is 8.09. The van der Waals surface area contributed by atoms with Crippen molar-refractivity contribution in [1.82, 2.24) is 19.2 Å². The Labute approximate surface area is 203 Å². The van der Waals surface area contributed by atoms with Crippen LogP contribution in [0.3, 0.4) is 0 Å². The largest absolute Gasteiger partial charge is 0.324 e. The normalized spacial score (nSPS) is 11.2. The fraction of sp³-hybridized carbons (Fsp3) is 0.0370. The number of hydrogen-bond acceptors (Lipinski definition) is 5. The molecular weight excluding hydrogens is 458 g/mol. The van der Waals surface area contributed by atoms with Gasteiger partial charge in [-0.2, -0.15) is 5.10 Å². The van der Waals surface area contributed by atoms with Gasteiger partial charge in [0, 0.05) is 40.7 Å². The zero-order valence-electron chi connectivity index (χ0n) is 18.5. The van der Waals surface area contributed by atoms with Crippen LogP contribution < -0.4 is 10.9 Å². The van der Waals surface area contributed by atoms with Crippen LogP contribution in [0.15, 0.2) is 101 Å². The van der Waals surface area contributed by atoms with Crippen molar-refractivity contribution < 1.29 is 4.79 Å². The van der Waals surface area contributed by atoms with E-state index in [1.807, 2.05) is 88.9 Å². The molecule has 0 fully saturated rings. The summed E-state index contributed by atoms with van der Waals surface area (Å²) in [4.78, 5) is 30.8. The van der Waals surface area contributed by atoms with E-state index in [0.29, 0.717) is 11.4 Å². The van der Waals surface area contributed by atoms with Crippen molar-refractivity contribution in [2.24, 2.45) is 0 Å². The van der Waals surface area contributed by atoms with Crippen LogP contribution in [0.25, 0.3) is 38.2 Å². The molecule has 3 heterocycles. The molecule has 0 aliphatic rings. The van der Waals surface area contributed by atoms with E-state index in [2.05, 4.69) is 15.4 Å². The summed E-state index contributed by atoms with van der Waals surface area (Å²) < 4.78 is 3.16. The van der Waals surface area contributed by atoms with Gasteiger partial charge in [0.1, 0.15) is 6.54 Å². The lowest BCUT2D eigenvalue weighted by Gasteiger charge is -2.10. The summed E-state index contributed by atoms with van der Waals surface area (Å²) >= 11 is 1.56. The monoisotopic (exact) mass is 477 g/mol. The Morgan fingerprint density at radius 2 is 1.80 bits per heavy atom. The first-order chi connectivity index (χ1) is 17.1. The van der Waals surface area contributed by atoms with Gasteiger partial charge in [-0.15, -0.1) is 11.3 Å². The molecule has 6 aromatic rings. The highest BCUT2D eigenvalue weighted by atomic mass is 32.1. The van der Waals surface area contributed by atoms with Crippen LogP contribution in [0, 0.1) is 0 Å². The fourth-order valence-electron chi connectivity index (χ4n) is 4.11. The third-order valence-corrected chi connectivity index (χ3v) is 6.53. The van der Waals surface area contributed by atoms with Gasteiger partial charge in [0.2, 0.25) is 5.91 Å². The molecule has 6 rings (SSSR count). The minimum absolute atomic E-state index is 0.193. The minimum Gasteiger partial charge on any atom is -0.324 e. The number of aromatic nitrogens is 4. The van der Waals surface area contributed by atoms with E-state index in [0.717, 1.165) is 32.6 Å². The standard InChI is InChI=1S/C27H19N5O2S/c33-25(28-20-8-3-7-19(15-20)24-16-31-13-14-35-27(31)29-24)17-32-26(34)12-11-23(30-32)22-10-4-6-18-5-1-2-9-21(18)22/h1-16H,17H2,(H,28,33). The van der Waals surface area contributed by atoms with E-state index in [1.54, 1.807) is 17.4 Å². The number of rotatable bonds is 5. The third kappa shape index (κ3) is 4.11. The van der Waals surface area contributed by atoms with E-state index in [4.69, 9.17) is 0 Å². The van der Waals surface area contributed by atoms with E-state index < -0.39 is 0 Å². The highest BCUT2D eigenvalue weighted by Crippen LogP contribution is 2.27. The molecule has 1 N–H and O–H groups in total. The van der Waals surface area contributed by atoms with Gasteiger partial charge in [0.15, 0.2) is 4.96 Å². The van der Waals surface area contributed by atoms with E-state index in [-0.39, 0.29) is 18.0 Å². The van der Waals surface area contributed by atoms with Gasteiger partial charge >= 0.3 is 0 Å². The van der Waals surface area contributed by atoms with Crippen LogP contribution in [0.5, 0.6) is 0 Å². The number of amides is 1. The molecule has 7 nitrogen and oxygen atoms in total. The van der Waals surface area contributed by atoms with Crippen molar-refractivity contribution >= 4 is 38.7 Å². The molecule has 0 aliphatic carbocycles. The maximum absolute atomic E-state index is 12.8. The smallest absolute Gasteiger partial charge is 0.267 e. The van der Waals surface area contributed by atoms with Gasteiger partial charge in [-0.1, -0.05) is 54.6 Å². The van der Waals surface area contributed by atoms with Gasteiger partial charge < -0.3 is 5.32 Å². The maximum atomic E-state index is 12.8. The molecule has 35 heavy (non-hydrogen) atoms. The van der Waals surface area contributed by atoms with Crippen LogP contribution in [0.2, 0.25) is 0 Å². The summed E-state index contributed by atoms with van der Waals surface area (Å²) in [6, 6.07) is 24.6. The summed E-state index contributed by atoms with van der Waals surface area (Å²) in [5.74, 6) is -0.336. The molecule has 8 heteroatoms. The number of anilines is 1. The number of nitrogens with one attached hydrogen (secondary N) is 1. The average molecular weight is 478 g/mol. The Morgan fingerprint density at radius 3 is 2.71 bits per heavy atom. The predicted molar refractivity (Wildman–Crippen MR) is 139 cm³/mol. The van der Waals surface area contributed by atoms with Crippen molar-refractivity contribution in [3.05, 3.63) is 107 Å². The van der Waals surface area contributed by atoms with Crippen molar-refractivity contribution in [2.45, 2.75) is 6.54 Å². The lowest BCUT2D eigenvalue weighted by atomic mass is 10.0. The molecule has 0 saturated heterocycles. The summed E-state index contributed by atoms with van der Waals surface area (Å²) in [7, 11) is 0. The van der Waals surface area contributed by atoms with E-state index in [9.17, 15) is 9.59 Å². The Balaban J connectivity index is 1.24. The zero-order chi connectivity index (χ0) is 23.8. The number of fused-ring (bicyclic) bond motifs is 2. The van der Waals surface area contributed by atoms with Crippen molar-refractivity contribution in [2.75, 3.05) is 5.32 Å². The maximum Gasteiger partial charge on any atom is 0.267 e. The second kappa shape index (κ2) is 8.66. The van der Waals surface area contributed by atoms with Gasteiger partial charge in [0.25, 0.3) is 5.56 Å². The number of carbonyl (C=O) groups excluding carboxylic acids is 1. The number of carbonyl (C=O) groups is 1. The molecule has 0 atom stereocenters. The highest BCUT2D eigenvalue weighted by Gasteiger charge is 2.12. The zero-order valence-corrected chi connectivity index (χ0v) is 19.3. The Bertz CT molecular complexity index is 1730. The molecule has 1 amide bonds. The predicted octanol–water partition coefficient (Wildman–Crippen LogP) is 5.08. The van der Waals surface area contributed by atoms with Crippen LogP contribution in [0.4, 0.5) is 5.69 Å². The van der Waals surface area contributed by atoms with Crippen LogP contribution in [0.1, 0.15) is 0 Å². The van der Waals surface area contributed by atoms with E-state index in [1.165, 1.54) is 10.7 Å². The molecule has 0 spiro atoms. The molecule has 0 bridgehead atoms. The van der Waals surface area contributed by atoms with Crippen LogP contribution in [-0.2, 0) is 11.3 Å². The van der Waals surface area contributed by atoms with Crippen molar-refractivity contribution in [3.63, 3.8) is 0 Å².